The van der Waals surface area contributed by atoms with Crippen LogP contribution < -0.4 is 39.9 Å². The van der Waals surface area contributed by atoms with Gasteiger partial charge in [0.2, 0.25) is 0 Å². The summed E-state index contributed by atoms with van der Waals surface area (Å²) in [4.78, 5) is 53.7. The highest BCUT2D eigenvalue weighted by molar-refractivity contribution is 6.01. The topological polar surface area (TPSA) is 194 Å². The fraction of sp³-hybridized carbons (Fsp3) is 0.302. The van der Waals surface area contributed by atoms with Crippen LogP contribution in [0.5, 0.6) is 34.5 Å². The monoisotopic (exact) mass is 1050 g/mol. The molecule has 0 spiro atoms. The third-order valence-corrected chi connectivity index (χ3v) is 12.0. The van der Waals surface area contributed by atoms with Crippen molar-refractivity contribution in [2.75, 3.05) is 51.1 Å². The van der Waals surface area contributed by atoms with Crippen LogP contribution in [0.3, 0.4) is 0 Å². The predicted octanol–water partition coefficient (Wildman–Crippen LogP) is 12.0. The highest BCUT2D eigenvalue weighted by atomic mass is 16.6. The molecule has 6 aromatic carbocycles. The first-order chi connectivity index (χ1) is 37.5. The van der Waals surface area contributed by atoms with Gasteiger partial charge >= 0.3 is 23.9 Å². The minimum Gasteiger partial charge on any atom is -0.494 e. The molecule has 0 radical (unpaired) electrons. The first-order valence-electron chi connectivity index (χ1n) is 26.2. The number of nitrogens with two attached hydrogens (primary N) is 2. The number of nitrogen functional groups attached to an aromatic ring is 2. The molecule has 0 aliphatic heterocycles. The number of unbranched alkanes of at least 4 members (excludes halogenated alkanes) is 4. The van der Waals surface area contributed by atoms with Crippen molar-refractivity contribution in [3.05, 3.63) is 180 Å². The van der Waals surface area contributed by atoms with E-state index in [1.807, 2.05) is 24.3 Å². The Morgan fingerprint density at radius 1 is 0.390 bits per heavy atom. The lowest BCUT2D eigenvalue weighted by Crippen LogP contribution is -2.46. The molecule has 4 N–H and O–H groups in total. The number of hydrogen-bond donors (Lipinski definition) is 2. The Morgan fingerprint density at radius 2 is 0.688 bits per heavy atom. The van der Waals surface area contributed by atoms with Crippen molar-refractivity contribution in [3.63, 3.8) is 0 Å². The summed E-state index contributed by atoms with van der Waals surface area (Å²) >= 11 is 0. The fourth-order valence-electron chi connectivity index (χ4n) is 7.65. The fourth-order valence-corrected chi connectivity index (χ4v) is 7.65. The average molecular weight is 1050 g/mol. The zero-order valence-corrected chi connectivity index (χ0v) is 44.0. The lowest BCUT2D eigenvalue weighted by Gasteiger charge is -2.30. The summed E-state index contributed by atoms with van der Waals surface area (Å²) in [5, 5.41) is 0. The number of hydrogen-bond acceptors (Lipinski definition) is 14. The molecule has 0 unspecified atom stereocenters. The molecule has 6 rings (SSSR count). The van der Waals surface area contributed by atoms with Crippen LogP contribution >= 0.6 is 0 Å². The molecule has 14 heteroatoms. The maximum atomic E-state index is 14.4. The van der Waals surface area contributed by atoms with Gasteiger partial charge in [-0.3, -0.25) is 9.59 Å². The largest absolute Gasteiger partial charge is 0.494 e. The smallest absolute Gasteiger partial charge is 0.336 e. The van der Waals surface area contributed by atoms with Crippen LogP contribution in [0.4, 0.5) is 11.4 Å². The van der Waals surface area contributed by atoms with Crippen LogP contribution in [0.2, 0.25) is 0 Å². The minimum atomic E-state index is -1.73. The standard InChI is InChI=1S/C63H70N2O12/c1-3-5-39-70-55-29-33-57(34-30-55)76-59(66)37-19-47-15-25-53(26-16-47)72-41-7-9-43-74-61(68)63(45-49-11-21-51(64)22-12-49,46-50-13-23-52(65)24-14-50)62(69)75-44-10-8-42-73-54-27-17-48(18-28-54)20-38-60(67)77-58-35-31-56(32-36-58)71-40-6-4-2/h11-38H,3-10,39-46,64-65H2,1-2H3. The van der Waals surface area contributed by atoms with E-state index in [0.29, 0.717) is 97.6 Å². The zero-order valence-electron chi connectivity index (χ0n) is 44.0. The van der Waals surface area contributed by atoms with Gasteiger partial charge in [-0.1, -0.05) is 75.2 Å². The number of benzene rings is 6. The molecule has 0 fully saturated rings. The Bertz CT molecular complexity index is 2600. The van der Waals surface area contributed by atoms with E-state index in [1.165, 1.54) is 12.2 Å². The van der Waals surface area contributed by atoms with Crippen LogP contribution in [0, 0.1) is 5.41 Å². The molecule has 0 saturated heterocycles. The average Bonchev–Trinajstić information content (AvgIpc) is 3.45. The van der Waals surface area contributed by atoms with Gasteiger partial charge in [0.05, 0.1) is 39.6 Å². The summed E-state index contributed by atoms with van der Waals surface area (Å²) < 4.78 is 45.9. The van der Waals surface area contributed by atoms with Crippen molar-refractivity contribution in [1.82, 2.24) is 0 Å². The van der Waals surface area contributed by atoms with E-state index < -0.39 is 29.3 Å². The summed E-state index contributed by atoms with van der Waals surface area (Å²) in [6.07, 6.45) is 12.2. The van der Waals surface area contributed by atoms with Crippen LogP contribution in [0.15, 0.2) is 158 Å². The molecule has 404 valence electrons. The molecule has 0 aliphatic rings. The highest BCUT2D eigenvalue weighted by Gasteiger charge is 2.49. The van der Waals surface area contributed by atoms with E-state index in [0.717, 1.165) is 48.3 Å². The van der Waals surface area contributed by atoms with E-state index in [2.05, 4.69) is 13.8 Å². The Kier molecular flexibility index (Phi) is 23.5. The van der Waals surface area contributed by atoms with Crippen molar-refractivity contribution in [1.29, 1.82) is 0 Å². The summed E-state index contributed by atoms with van der Waals surface area (Å²) in [7, 11) is 0. The molecule has 0 atom stereocenters. The maximum Gasteiger partial charge on any atom is 0.336 e. The van der Waals surface area contributed by atoms with Crippen molar-refractivity contribution < 1.29 is 57.1 Å². The number of carbonyl (C=O) groups is 4. The van der Waals surface area contributed by atoms with Crippen LogP contribution in [-0.4, -0.2) is 63.5 Å². The van der Waals surface area contributed by atoms with Gasteiger partial charge in [-0.25, -0.2) is 9.59 Å². The third-order valence-electron chi connectivity index (χ3n) is 12.0. The van der Waals surface area contributed by atoms with E-state index >= 15 is 0 Å². The molecule has 0 aliphatic carbocycles. The maximum absolute atomic E-state index is 14.4. The number of carbonyl (C=O) groups excluding carboxylic acids is 4. The summed E-state index contributed by atoms with van der Waals surface area (Å²) in [6.45, 7) is 6.27. The molecule has 0 aromatic heterocycles. The molecular weight excluding hydrogens is 977 g/mol. The first-order valence-corrected chi connectivity index (χ1v) is 26.2. The second-order valence-electron chi connectivity index (χ2n) is 18.3. The van der Waals surface area contributed by atoms with E-state index in [9.17, 15) is 19.2 Å². The first kappa shape index (κ1) is 57.8. The van der Waals surface area contributed by atoms with Crippen molar-refractivity contribution in [2.45, 2.75) is 78.1 Å². The van der Waals surface area contributed by atoms with Gasteiger partial charge in [-0.05, 0) is 183 Å². The Morgan fingerprint density at radius 3 is 1.03 bits per heavy atom. The Balaban J connectivity index is 0.960. The van der Waals surface area contributed by atoms with Gasteiger partial charge in [0, 0.05) is 23.5 Å². The lowest BCUT2D eigenvalue weighted by molar-refractivity contribution is -0.173. The van der Waals surface area contributed by atoms with Crippen LogP contribution in [0.25, 0.3) is 12.2 Å². The quantitative estimate of drug-likeness (QED) is 0.0101. The van der Waals surface area contributed by atoms with E-state index in [4.69, 9.17) is 49.4 Å². The molecule has 0 bridgehead atoms. The lowest BCUT2D eigenvalue weighted by atomic mass is 9.76. The minimum absolute atomic E-state index is 0.00599. The number of anilines is 2. The second kappa shape index (κ2) is 31.4. The van der Waals surface area contributed by atoms with Gasteiger partial charge in [0.25, 0.3) is 0 Å². The van der Waals surface area contributed by atoms with Crippen molar-refractivity contribution in [2.24, 2.45) is 5.41 Å². The number of esters is 4. The number of ether oxygens (including phenoxy) is 8. The van der Waals surface area contributed by atoms with Gasteiger partial charge in [0.1, 0.15) is 34.5 Å². The molecule has 0 amide bonds. The summed E-state index contributed by atoms with van der Waals surface area (Å²) in [5.74, 6) is 1.15. The third kappa shape index (κ3) is 20.3. The Hall–Kier alpha value is -8.52. The summed E-state index contributed by atoms with van der Waals surface area (Å²) in [5.41, 5.74) is 14.3. The molecular formula is C63H70N2O12. The van der Waals surface area contributed by atoms with Crippen molar-refractivity contribution >= 4 is 47.4 Å². The Labute approximate surface area is 451 Å². The molecule has 77 heavy (non-hydrogen) atoms. The molecule has 6 aromatic rings. The number of rotatable bonds is 32. The van der Waals surface area contributed by atoms with E-state index in [-0.39, 0.29) is 26.1 Å². The van der Waals surface area contributed by atoms with Gasteiger partial charge in [-0.15, -0.1) is 0 Å². The van der Waals surface area contributed by atoms with E-state index in [1.54, 1.807) is 133 Å². The summed E-state index contributed by atoms with van der Waals surface area (Å²) in [6, 6.07) is 42.4. The molecule has 0 saturated carbocycles. The predicted molar refractivity (Wildman–Crippen MR) is 299 cm³/mol. The SMILES string of the molecule is CCCCOc1ccc(OC(=O)C=Cc2ccc(OCCCCOC(=O)C(Cc3ccc(N)cc3)(Cc3ccc(N)cc3)C(=O)OCCCCOc3ccc(C=CC(=O)Oc4ccc(OCCCC)cc4)cc3)cc2)cc1. The van der Waals surface area contributed by atoms with Crippen molar-refractivity contribution in [3.8, 4) is 34.5 Å². The van der Waals surface area contributed by atoms with Gasteiger partial charge in [0.15, 0.2) is 5.41 Å². The van der Waals surface area contributed by atoms with Gasteiger partial charge in [-0.2, -0.15) is 0 Å². The molecule has 0 heterocycles. The van der Waals surface area contributed by atoms with Crippen LogP contribution in [-0.2, 0) is 41.5 Å². The zero-order chi connectivity index (χ0) is 54.5. The van der Waals surface area contributed by atoms with Crippen LogP contribution in [0.1, 0.15) is 87.5 Å². The normalized spacial score (nSPS) is 11.2. The highest BCUT2D eigenvalue weighted by Crippen LogP contribution is 2.33. The second-order valence-corrected chi connectivity index (χ2v) is 18.3. The van der Waals surface area contributed by atoms with Gasteiger partial charge < -0.3 is 49.4 Å². The molecule has 14 nitrogen and oxygen atoms in total.